The van der Waals surface area contributed by atoms with E-state index in [1.54, 1.807) is 19.1 Å². The number of hydrogen-bond donors (Lipinski definition) is 1. The van der Waals surface area contributed by atoms with Gasteiger partial charge in [0.1, 0.15) is 18.0 Å². The fourth-order valence-corrected chi connectivity index (χ4v) is 3.23. The molecule has 1 unspecified atom stereocenters. The molecule has 0 saturated heterocycles. The van der Waals surface area contributed by atoms with Crippen molar-refractivity contribution >= 4 is 23.9 Å². The smallest absolute Gasteiger partial charge is 0.320 e. The van der Waals surface area contributed by atoms with Gasteiger partial charge >= 0.3 is 6.47 Å². The summed E-state index contributed by atoms with van der Waals surface area (Å²) < 4.78 is 20.1. The zero-order valence-corrected chi connectivity index (χ0v) is 15.1. The number of carbonyl (C=O) groups is 1. The minimum Gasteiger partial charge on any atom is -0.371 e. The largest absolute Gasteiger partial charge is 0.371 e. The highest BCUT2D eigenvalue weighted by molar-refractivity contribution is 6.31. The number of rotatable bonds is 4. The third-order valence-corrected chi connectivity index (χ3v) is 4.46. The Morgan fingerprint density at radius 2 is 2.19 bits per heavy atom. The molecule has 5 nitrogen and oxygen atoms in total. The van der Waals surface area contributed by atoms with Crippen molar-refractivity contribution in [1.82, 2.24) is 5.48 Å². The van der Waals surface area contributed by atoms with E-state index in [0.29, 0.717) is 34.2 Å². The Labute approximate surface area is 155 Å². The second-order valence-electron chi connectivity index (χ2n) is 6.31. The van der Waals surface area contributed by atoms with Gasteiger partial charge in [-0.3, -0.25) is 9.79 Å². The Morgan fingerprint density at radius 1 is 1.38 bits per heavy atom. The molecule has 3 rings (SSSR count). The molecule has 1 N–H and O–H groups in total. The van der Waals surface area contributed by atoms with Gasteiger partial charge in [-0.2, -0.15) is 0 Å². The van der Waals surface area contributed by atoms with Gasteiger partial charge in [0, 0.05) is 10.6 Å². The monoisotopic (exact) mass is 376 g/mol. The van der Waals surface area contributed by atoms with Gasteiger partial charge in [-0.25, -0.2) is 9.87 Å². The van der Waals surface area contributed by atoms with Crippen molar-refractivity contribution in [2.75, 3.05) is 13.2 Å². The molecule has 0 amide bonds. The molecule has 2 aromatic rings. The fourth-order valence-electron chi connectivity index (χ4n) is 2.96. The Hall–Kier alpha value is -2.44. The van der Waals surface area contributed by atoms with Crippen LogP contribution in [0.3, 0.4) is 0 Å². The molecular formula is C19H18ClFN2O3. The molecule has 1 atom stereocenters. The highest BCUT2D eigenvalue weighted by Gasteiger charge is 2.31. The van der Waals surface area contributed by atoms with Crippen LogP contribution >= 0.6 is 11.6 Å². The molecular weight excluding hydrogens is 359 g/mol. The molecule has 0 saturated carbocycles. The zero-order chi connectivity index (χ0) is 18.7. The summed E-state index contributed by atoms with van der Waals surface area (Å²) in [4.78, 5) is 19.5. The van der Waals surface area contributed by atoms with Crippen LogP contribution in [0.2, 0.25) is 5.02 Å². The van der Waals surface area contributed by atoms with Gasteiger partial charge in [-0.15, -0.1) is 0 Å². The van der Waals surface area contributed by atoms with E-state index < -0.39 is 5.54 Å². The van der Waals surface area contributed by atoms with E-state index in [-0.39, 0.29) is 18.9 Å². The lowest BCUT2D eigenvalue weighted by atomic mass is 9.90. The number of aryl methyl sites for hydroxylation is 1. The van der Waals surface area contributed by atoms with Crippen molar-refractivity contribution in [1.29, 1.82) is 0 Å². The number of hydroxylamine groups is 1. The van der Waals surface area contributed by atoms with E-state index in [1.807, 2.05) is 31.2 Å². The predicted molar refractivity (Wildman–Crippen MR) is 97.5 cm³/mol. The molecule has 2 aromatic carbocycles. The second-order valence-corrected chi connectivity index (χ2v) is 6.74. The van der Waals surface area contributed by atoms with E-state index in [9.17, 15) is 9.18 Å². The molecule has 26 heavy (non-hydrogen) atoms. The third kappa shape index (κ3) is 3.71. The van der Waals surface area contributed by atoms with E-state index in [0.717, 1.165) is 5.56 Å². The Morgan fingerprint density at radius 3 is 2.96 bits per heavy atom. The van der Waals surface area contributed by atoms with Crippen LogP contribution in [0.25, 0.3) is 11.1 Å². The SMILES string of the molecule is Cc1cc(Cl)cc(-c2cccc(C3(C)COCC(NOC=O)=N3)c2)c1F. The molecule has 136 valence electrons. The maximum atomic E-state index is 14.6. The van der Waals surface area contributed by atoms with Crippen molar-refractivity contribution in [3.8, 4) is 11.1 Å². The summed E-state index contributed by atoms with van der Waals surface area (Å²) in [6.07, 6.45) is 0. The number of aliphatic imine (C=N–C) groups is 1. The van der Waals surface area contributed by atoms with Crippen molar-refractivity contribution in [3.63, 3.8) is 0 Å². The minimum atomic E-state index is -0.701. The van der Waals surface area contributed by atoms with Gasteiger partial charge in [0.15, 0.2) is 5.84 Å². The topological polar surface area (TPSA) is 59.9 Å². The second kappa shape index (κ2) is 7.43. The Balaban J connectivity index is 2.01. The molecule has 0 aliphatic carbocycles. The highest BCUT2D eigenvalue weighted by Crippen LogP contribution is 2.34. The number of halogens is 2. The van der Waals surface area contributed by atoms with Gasteiger partial charge in [0.25, 0.3) is 0 Å². The summed E-state index contributed by atoms with van der Waals surface area (Å²) in [7, 11) is 0. The van der Waals surface area contributed by atoms with E-state index in [1.165, 1.54) is 0 Å². The first-order valence-electron chi connectivity index (χ1n) is 8.01. The molecule has 0 aromatic heterocycles. The number of benzene rings is 2. The molecule has 7 heteroatoms. The Bertz CT molecular complexity index is 872. The van der Waals surface area contributed by atoms with Crippen molar-refractivity contribution in [3.05, 3.63) is 58.4 Å². The maximum absolute atomic E-state index is 14.6. The molecule has 0 fully saturated rings. The normalized spacial score (nSPS) is 19.6. The lowest BCUT2D eigenvalue weighted by molar-refractivity contribution is -0.132. The predicted octanol–water partition coefficient (Wildman–Crippen LogP) is 3.78. The van der Waals surface area contributed by atoms with E-state index in [2.05, 4.69) is 15.3 Å². The molecule has 0 radical (unpaired) electrons. The van der Waals surface area contributed by atoms with Gasteiger partial charge < -0.3 is 9.57 Å². The minimum absolute atomic E-state index is 0.214. The van der Waals surface area contributed by atoms with Crippen LogP contribution in [0.4, 0.5) is 4.39 Å². The van der Waals surface area contributed by atoms with Crippen LogP contribution in [-0.4, -0.2) is 25.5 Å². The average molecular weight is 377 g/mol. The molecule has 1 aliphatic rings. The first kappa shape index (κ1) is 18.4. The molecule has 0 bridgehead atoms. The lowest BCUT2D eigenvalue weighted by Crippen LogP contribution is -2.40. The van der Waals surface area contributed by atoms with E-state index in [4.69, 9.17) is 16.3 Å². The fraction of sp³-hybridized carbons (Fsp3) is 0.263. The van der Waals surface area contributed by atoms with Crippen LogP contribution < -0.4 is 5.48 Å². The lowest BCUT2D eigenvalue weighted by Gasteiger charge is -2.31. The summed E-state index contributed by atoms with van der Waals surface area (Å²) in [6.45, 7) is 4.41. The molecule has 1 heterocycles. The first-order chi connectivity index (χ1) is 12.4. The maximum Gasteiger partial charge on any atom is 0.320 e. The standard InChI is InChI=1S/C19H18ClFN2O3/c1-12-6-15(20)8-16(18(12)21)13-4-3-5-14(7-13)19(2)10-25-9-17(22-19)23-26-11-24/h3-8,11H,9-10H2,1-2H3,(H,22,23). The third-order valence-electron chi connectivity index (χ3n) is 4.24. The summed E-state index contributed by atoms with van der Waals surface area (Å²) >= 11 is 6.10. The Kier molecular flexibility index (Phi) is 5.25. The van der Waals surface area contributed by atoms with Crippen LogP contribution in [0.15, 0.2) is 41.4 Å². The van der Waals surface area contributed by atoms with Gasteiger partial charge in [-0.05, 0) is 48.7 Å². The van der Waals surface area contributed by atoms with Crippen LogP contribution in [0.5, 0.6) is 0 Å². The highest BCUT2D eigenvalue weighted by atomic mass is 35.5. The number of ether oxygens (including phenoxy) is 1. The van der Waals surface area contributed by atoms with Crippen LogP contribution in [-0.2, 0) is 19.9 Å². The summed E-state index contributed by atoms with van der Waals surface area (Å²) in [5.74, 6) is 0.0999. The number of hydrogen-bond acceptors (Lipinski definition) is 5. The average Bonchev–Trinajstić information content (AvgIpc) is 2.63. The van der Waals surface area contributed by atoms with Gasteiger partial charge in [0.05, 0.1) is 6.61 Å². The number of amidine groups is 1. The van der Waals surface area contributed by atoms with Crippen LogP contribution in [0, 0.1) is 12.7 Å². The van der Waals surface area contributed by atoms with Gasteiger partial charge in [-0.1, -0.05) is 29.8 Å². The first-order valence-corrected chi connectivity index (χ1v) is 8.39. The summed E-state index contributed by atoms with van der Waals surface area (Å²) in [5.41, 5.74) is 4.21. The number of nitrogens with one attached hydrogen (secondary N) is 1. The quantitative estimate of drug-likeness (QED) is 0.651. The van der Waals surface area contributed by atoms with Gasteiger partial charge in [0.2, 0.25) is 0 Å². The van der Waals surface area contributed by atoms with Crippen LogP contribution in [0.1, 0.15) is 18.1 Å². The molecule has 0 spiro atoms. The van der Waals surface area contributed by atoms with E-state index >= 15 is 0 Å². The summed E-state index contributed by atoms with van der Waals surface area (Å²) in [6, 6.07) is 10.6. The number of carbonyl (C=O) groups excluding carboxylic acids is 1. The number of nitrogens with zero attached hydrogens (tertiary/aromatic N) is 1. The summed E-state index contributed by atoms with van der Waals surface area (Å²) in [5, 5.41) is 0.479. The zero-order valence-electron chi connectivity index (χ0n) is 14.4. The molecule has 1 aliphatic heterocycles. The van der Waals surface area contributed by atoms with Crippen molar-refractivity contribution in [2.24, 2.45) is 4.99 Å². The van der Waals surface area contributed by atoms with Crippen molar-refractivity contribution < 1.29 is 18.8 Å². The van der Waals surface area contributed by atoms with Crippen molar-refractivity contribution in [2.45, 2.75) is 19.4 Å².